The molecule has 1 aromatic rings. The first kappa shape index (κ1) is 13.1. The van der Waals surface area contributed by atoms with Gasteiger partial charge in [0.15, 0.2) is 0 Å². The van der Waals surface area contributed by atoms with E-state index in [4.69, 9.17) is 0 Å². The van der Waals surface area contributed by atoms with Gasteiger partial charge < -0.3 is 10.2 Å². The number of aryl methyl sites for hydroxylation is 1. The number of likely N-dealkylation sites (N-methyl/N-ethyl adjacent to an activating group) is 1. The molecule has 3 rings (SSSR count). The van der Waals surface area contributed by atoms with Crippen molar-refractivity contribution < 1.29 is 9.59 Å². The van der Waals surface area contributed by atoms with Crippen LogP contribution in [0.15, 0.2) is 18.5 Å². The van der Waals surface area contributed by atoms with E-state index in [0.717, 1.165) is 24.8 Å². The summed E-state index contributed by atoms with van der Waals surface area (Å²) in [6.07, 6.45) is 6.30. The molecule has 106 valence electrons. The molecule has 1 aliphatic heterocycles. The number of hydrogen-bond donors (Lipinski definition) is 1. The first-order chi connectivity index (χ1) is 9.61. The van der Waals surface area contributed by atoms with Crippen LogP contribution in [0.1, 0.15) is 35.2 Å². The lowest BCUT2D eigenvalue weighted by molar-refractivity contribution is -0.126. The van der Waals surface area contributed by atoms with Gasteiger partial charge in [0.25, 0.3) is 5.91 Å². The van der Waals surface area contributed by atoms with Crippen LogP contribution in [0.4, 0.5) is 0 Å². The van der Waals surface area contributed by atoms with Crippen LogP contribution in [0.3, 0.4) is 0 Å². The number of piperidine rings is 1. The minimum atomic E-state index is -0.313. The number of pyridine rings is 1. The molecule has 1 aliphatic carbocycles. The topological polar surface area (TPSA) is 62.3 Å². The number of rotatable bonds is 2. The standard InChI is InChI=1S/C15H19N3O2/c1-9-5-11(8-17-7-9)15(20)18-12-4-3-10(6-12)13(18)14(19)16-2/h5,7-8,10,12-13H,3-4,6H2,1-2H3,(H,16,19)/t10-,12-,13-/m0/s1. The predicted octanol–water partition coefficient (Wildman–Crippen LogP) is 1.13. The predicted molar refractivity (Wildman–Crippen MR) is 74.1 cm³/mol. The van der Waals surface area contributed by atoms with Gasteiger partial charge >= 0.3 is 0 Å². The second kappa shape index (κ2) is 4.89. The van der Waals surface area contributed by atoms with Gasteiger partial charge in [-0.15, -0.1) is 0 Å². The van der Waals surface area contributed by atoms with E-state index in [2.05, 4.69) is 10.3 Å². The van der Waals surface area contributed by atoms with Crippen molar-refractivity contribution in [2.45, 2.75) is 38.3 Å². The molecule has 5 nitrogen and oxygen atoms in total. The van der Waals surface area contributed by atoms with Crippen LogP contribution in [-0.2, 0) is 4.79 Å². The maximum absolute atomic E-state index is 12.7. The third-order valence-electron chi connectivity index (χ3n) is 4.46. The number of likely N-dealkylation sites (tertiary alicyclic amines) is 1. The lowest BCUT2D eigenvalue weighted by Crippen LogP contribution is -2.52. The number of amides is 2. The Balaban J connectivity index is 1.91. The summed E-state index contributed by atoms with van der Waals surface area (Å²) < 4.78 is 0. The average Bonchev–Trinajstić information content (AvgIpc) is 3.06. The van der Waals surface area contributed by atoms with Crippen molar-refractivity contribution >= 4 is 11.8 Å². The van der Waals surface area contributed by atoms with E-state index in [1.165, 1.54) is 0 Å². The van der Waals surface area contributed by atoms with Crippen molar-refractivity contribution in [3.63, 3.8) is 0 Å². The van der Waals surface area contributed by atoms with Crippen LogP contribution in [0, 0.1) is 12.8 Å². The molecular weight excluding hydrogens is 254 g/mol. The minimum absolute atomic E-state index is 0.0498. The normalized spacial score (nSPS) is 27.7. The van der Waals surface area contributed by atoms with Gasteiger partial charge in [-0.2, -0.15) is 0 Å². The molecule has 1 saturated carbocycles. The van der Waals surface area contributed by atoms with Crippen LogP contribution < -0.4 is 5.32 Å². The summed E-state index contributed by atoms with van der Waals surface area (Å²) in [7, 11) is 1.63. The van der Waals surface area contributed by atoms with E-state index in [9.17, 15) is 9.59 Å². The maximum Gasteiger partial charge on any atom is 0.256 e. The Bertz CT molecular complexity index is 558. The molecule has 0 unspecified atom stereocenters. The molecule has 1 aromatic heterocycles. The number of carbonyl (C=O) groups is 2. The van der Waals surface area contributed by atoms with Crippen molar-refractivity contribution in [3.8, 4) is 0 Å². The zero-order chi connectivity index (χ0) is 14.3. The van der Waals surface area contributed by atoms with E-state index in [-0.39, 0.29) is 23.9 Å². The molecule has 0 spiro atoms. The Labute approximate surface area is 118 Å². The molecule has 0 radical (unpaired) electrons. The van der Waals surface area contributed by atoms with Crippen molar-refractivity contribution in [1.82, 2.24) is 15.2 Å². The summed E-state index contributed by atoms with van der Waals surface area (Å²) in [6.45, 7) is 1.91. The van der Waals surface area contributed by atoms with Gasteiger partial charge in [-0.3, -0.25) is 14.6 Å². The van der Waals surface area contributed by atoms with Crippen LogP contribution in [0.25, 0.3) is 0 Å². The number of carbonyl (C=O) groups excluding carboxylic acids is 2. The molecule has 1 saturated heterocycles. The molecule has 2 fully saturated rings. The first-order valence-electron chi connectivity index (χ1n) is 7.07. The Morgan fingerprint density at radius 2 is 2.15 bits per heavy atom. The van der Waals surface area contributed by atoms with Crippen molar-refractivity contribution in [1.29, 1.82) is 0 Å². The second-order valence-corrected chi connectivity index (χ2v) is 5.75. The third kappa shape index (κ3) is 1.97. The smallest absolute Gasteiger partial charge is 0.256 e. The molecule has 2 bridgehead atoms. The summed E-state index contributed by atoms with van der Waals surface area (Å²) in [5.74, 6) is 0.190. The van der Waals surface area contributed by atoms with Gasteiger partial charge in [-0.05, 0) is 43.7 Å². The SMILES string of the molecule is CNC(=O)[C@@H]1[C@H]2CC[C@@H](C2)N1C(=O)c1cncc(C)c1. The fraction of sp³-hybridized carbons (Fsp3) is 0.533. The van der Waals surface area contributed by atoms with E-state index < -0.39 is 0 Å². The highest BCUT2D eigenvalue weighted by Gasteiger charge is 2.51. The molecule has 3 atom stereocenters. The second-order valence-electron chi connectivity index (χ2n) is 5.75. The zero-order valence-corrected chi connectivity index (χ0v) is 11.8. The Kier molecular flexibility index (Phi) is 3.20. The quantitative estimate of drug-likeness (QED) is 0.878. The number of nitrogens with zero attached hydrogens (tertiary/aromatic N) is 2. The Morgan fingerprint density at radius 1 is 1.35 bits per heavy atom. The number of aromatic nitrogens is 1. The van der Waals surface area contributed by atoms with E-state index in [1.807, 2.05) is 13.0 Å². The molecule has 0 aromatic carbocycles. The van der Waals surface area contributed by atoms with E-state index >= 15 is 0 Å². The fourth-order valence-electron chi connectivity index (χ4n) is 3.59. The number of nitrogens with one attached hydrogen (secondary N) is 1. The molecule has 5 heteroatoms. The third-order valence-corrected chi connectivity index (χ3v) is 4.46. The van der Waals surface area contributed by atoms with Crippen LogP contribution in [-0.4, -0.2) is 40.8 Å². The molecule has 1 N–H and O–H groups in total. The highest BCUT2D eigenvalue weighted by Crippen LogP contribution is 2.43. The molecule has 2 heterocycles. The van der Waals surface area contributed by atoms with Crippen LogP contribution in [0.2, 0.25) is 0 Å². The minimum Gasteiger partial charge on any atom is -0.357 e. The van der Waals surface area contributed by atoms with E-state index in [1.54, 1.807) is 24.3 Å². The summed E-state index contributed by atoms with van der Waals surface area (Å²) in [4.78, 5) is 30.7. The van der Waals surface area contributed by atoms with Crippen LogP contribution in [0.5, 0.6) is 0 Å². The zero-order valence-electron chi connectivity index (χ0n) is 11.8. The monoisotopic (exact) mass is 273 g/mol. The lowest BCUT2D eigenvalue weighted by Gasteiger charge is -2.34. The summed E-state index contributed by atoms with van der Waals surface area (Å²) in [5, 5.41) is 2.69. The molecular formula is C15H19N3O2. The van der Waals surface area contributed by atoms with Gasteiger partial charge in [-0.1, -0.05) is 0 Å². The van der Waals surface area contributed by atoms with Gasteiger partial charge in [0.1, 0.15) is 6.04 Å². The summed E-state index contributed by atoms with van der Waals surface area (Å²) in [6, 6.07) is 1.73. The first-order valence-corrected chi connectivity index (χ1v) is 7.07. The van der Waals surface area contributed by atoms with Gasteiger partial charge in [0.05, 0.1) is 5.56 Å². The highest BCUT2D eigenvalue weighted by atomic mass is 16.2. The Morgan fingerprint density at radius 3 is 2.85 bits per heavy atom. The van der Waals surface area contributed by atoms with Crippen molar-refractivity contribution in [2.24, 2.45) is 5.92 Å². The number of hydrogen-bond acceptors (Lipinski definition) is 3. The highest BCUT2D eigenvalue weighted by molar-refractivity contribution is 5.98. The largest absolute Gasteiger partial charge is 0.357 e. The average molecular weight is 273 g/mol. The number of fused-ring (bicyclic) bond motifs is 2. The fourth-order valence-corrected chi connectivity index (χ4v) is 3.59. The molecule has 20 heavy (non-hydrogen) atoms. The summed E-state index contributed by atoms with van der Waals surface area (Å²) >= 11 is 0. The molecule has 2 aliphatic rings. The lowest BCUT2D eigenvalue weighted by atomic mass is 9.97. The van der Waals surface area contributed by atoms with Crippen molar-refractivity contribution in [3.05, 3.63) is 29.6 Å². The Hall–Kier alpha value is -1.91. The molecule has 2 amide bonds. The van der Waals surface area contributed by atoms with Gasteiger partial charge in [-0.25, -0.2) is 0 Å². The van der Waals surface area contributed by atoms with Gasteiger partial charge in [0, 0.05) is 25.5 Å². The van der Waals surface area contributed by atoms with Gasteiger partial charge in [0.2, 0.25) is 5.91 Å². The van der Waals surface area contributed by atoms with Crippen LogP contribution >= 0.6 is 0 Å². The van der Waals surface area contributed by atoms with Crippen molar-refractivity contribution in [2.75, 3.05) is 7.05 Å². The van der Waals surface area contributed by atoms with E-state index in [0.29, 0.717) is 11.5 Å². The summed E-state index contributed by atoms with van der Waals surface area (Å²) in [5.41, 5.74) is 1.53. The maximum atomic E-state index is 12.7.